The molecule has 0 spiro atoms. The molecule has 0 bridgehead atoms. The van der Waals surface area contributed by atoms with Crippen molar-refractivity contribution in [2.24, 2.45) is 5.92 Å². The van der Waals surface area contributed by atoms with Gasteiger partial charge in [0.05, 0.1) is 17.9 Å². The van der Waals surface area contributed by atoms with Crippen LogP contribution in [0.1, 0.15) is 30.7 Å². The summed E-state index contributed by atoms with van der Waals surface area (Å²) in [4.78, 5) is 13.6. The van der Waals surface area contributed by atoms with Gasteiger partial charge in [-0.2, -0.15) is 5.26 Å². The normalized spacial score (nSPS) is 28.7. The van der Waals surface area contributed by atoms with E-state index in [1.165, 1.54) is 4.90 Å². The van der Waals surface area contributed by atoms with Crippen LogP contribution in [0.3, 0.4) is 0 Å². The molecule has 0 aromatic heterocycles. The number of hydrogen-bond donors (Lipinski definition) is 1. The van der Waals surface area contributed by atoms with Gasteiger partial charge < -0.3 is 5.32 Å². The topological polar surface area (TPSA) is 52.9 Å². The number of nitriles is 1. The quantitative estimate of drug-likeness (QED) is 0.900. The van der Waals surface area contributed by atoms with E-state index in [1.807, 2.05) is 18.2 Å². The van der Waals surface area contributed by atoms with E-state index in [1.54, 1.807) is 11.8 Å². The SMILES string of the molecule is N#CC1CCCC1NC(=O)C1CSc2ccccc21. The minimum atomic E-state index is -0.0545. The summed E-state index contributed by atoms with van der Waals surface area (Å²) >= 11 is 1.74. The molecule has 19 heavy (non-hydrogen) atoms. The Kier molecular flexibility index (Phi) is 3.48. The Labute approximate surface area is 117 Å². The van der Waals surface area contributed by atoms with Gasteiger partial charge in [-0.15, -0.1) is 11.8 Å². The van der Waals surface area contributed by atoms with Gasteiger partial charge in [-0.3, -0.25) is 4.79 Å². The third-order valence-corrected chi connectivity index (χ3v) is 5.21. The van der Waals surface area contributed by atoms with Gasteiger partial charge in [-0.05, 0) is 30.9 Å². The lowest BCUT2D eigenvalue weighted by Crippen LogP contribution is -2.39. The van der Waals surface area contributed by atoms with Crippen molar-refractivity contribution in [1.82, 2.24) is 5.32 Å². The Morgan fingerprint density at radius 3 is 3.05 bits per heavy atom. The predicted octanol–water partition coefficient (Wildman–Crippen LogP) is 2.68. The number of nitrogens with one attached hydrogen (secondary N) is 1. The summed E-state index contributed by atoms with van der Waals surface area (Å²) in [6, 6.07) is 10.5. The zero-order valence-electron chi connectivity index (χ0n) is 10.6. The van der Waals surface area contributed by atoms with Crippen LogP contribution in [0.2, 0.25) is 0 Å². The van der Waals surface area contributed by atoms with E-state index in [9.17, 15) is 4.79 Å². The molecular weight excluding hydrogens is 256 g/mol. The first kappa shape index (κ1) is 12.6. The maximum atomic E-state index is 12.4. The fraction of sp³-hybridized carbons (Fsp3) is 0.467. The van der Waals surface area contributed by atoms with Crippen LogP contribution >= 0.6 is 11.8 Å². The molecule has 98 valence electrons. The lowest BCUT2D eigenvalue weighted by Gasteiger charge is -2.18. The number of hydrogen-bond acceptors (Lipinski definition) is 3. The maximum absolute atomic E-state index is 12.4. The van der Waals surface area contributed by atoms with Gasteiger partial charge in [0.2, 0.25) is 5.91 Å². The molecule has 3 atom stereocenters. The van der Waals surface area contributed by atoms with E-state index in [4.69, 9.17) is 5.26 Å². The number of amides is 1. The number of carbonyl (C=O) groups excluding carboxylic acids is 1. The predicted molar refractivity (Wildman–Crippen MR) is 74.8 cm³/mol. The Hall–Kier alpha value is -1.47. The molecule has 3 unspecified atom stereocenters. The van der Waals surface area contributed by atoms with Gasteiger partial charge in [-0.25, -0.2) is 0 Å². The molecule has 1 N–H and O–H groups in total. The molecule has 1 aliphatic heterocycles. The molecular formula is C15H16N2OS. The Bertz CT molecular complexity index is 537. The molecule has 3 rings (SSSR count). The average molecular weight is 272 g/mol. The van der Waals surface area contributed by atoms with Crippen molar-refractivity contribution in [3.05, 3.63) is 29.8 Å². The third kappa shape index (κ3) is 2.35. The van der Waals surface area contributed by atoms with Crippen LogP contribution in [0.4, 0.5) is 0 Å². The fourth-order valence-corrected chi connectivity index (χ4v) is 4.18. The Balaban J connectivity index is 1.71. The van der Waals surface area contributed by atoms with Crippen molar-refractivity contribution < 1.29 is 4.79 Å². The van der Waals surface area contributed by atoms with Gasteiger partial charge in [-0.1, -0.05) is 18.2 Å². The number of nitrogens with zero attached hydrogens (tertiary/aromatic N) is 1. The monoisotopic (exact) mass is 272 g/mol. The highest BCUT2D eigenvalue weighted by molar-refractivity contribution is 7.99. The van der Waals surface area contributed by atoms with Crippen LogP contribution in [0.25, 0.3) is 0 Å². The van der Waals surface area contributed by atoms with Crippen LogP contribution in [0, 0.1) is 17.2 Å². The Morgan fingerprint density at radius 2 is 2.21 bits per heavy atom. The van der Waals surface area contributed by atoms with Gasteiger partial charge in [0.25, 0.3) is 0 Å². The first-order chi connectivity index (χ1) is 9.29. The second-order valence-corrected chi connectivity index (χ2v) is 6.24. The van der Waals surface area contributed by atoms with Crippen LogP contribution in [0.5, 0.6) is 0 Å². The van der Waals surface area contributed by atoms with E-state index in [0.29, 0.717) is 0 Å². The molecule has 4 heteroatoms. The van der Waals surface area contributed by atoms with Crippen molar-refractivity contribution in [3.63, 3.8) is 0 Å². The minimum Gasteiger partial charge on any atom is -0.351 e. The number of carbonyl (C=O) groups is 1. The zero-order chi connectivity index (χ0) is 13.2. The molecule has 0 radical (unpaired) electrons. The van der Waals surface area contributed by atoms with Crippen LogP contribution in [-0.2, 0) is 4.79 Å². The molecule has 1 saturated carbocycles. The fourth-order valence-electron chi connectivity index (χ4n) is 2.95. The highest BCUT2D eigenvalue weighted by Gasteiger charge is 2.33. The van der Waals surface area contributed by atoms with Crippen molar-refractivity contribution in [1.29, 1.82) is 5.26 Å². The summed E-state index contributed by atoms with van der Waals surface area (Å²) in [6.07, 6.45) is 2.89. The van der Waals surface area contributed by atoms with E-state index >= 15 is 0 Å². The lowest BCUT2D eigenvalue weighted by molar-refractivity contribution is -0.122. The molecule has 1 aromatic rings. The first-order valence-electron chi connectivity index (χ1n) is 6.71. The lowest BCUT2D eigenvalue weighted by atomic mass is 9.99. The summed E-state index contributed by atoms with van der Waals surface area (Å²) in [5.41, 5.74) is 1.14. The summed E-state index contributed by atoms with van der Waals surface area (Å²) in [5, 5.41) is 12.2. The van der Waals surface area contributed by atoms with Crippen LogP contribution in [-0.4, -0.2) is 17.7 Å². The van der Waals surface area contributed by atoms with E-state index in [-0.39, 0.29) is 23.8 Å². The molecule has 1 aromatic carbocycles. The largest absolute Gasteiger partial charge is 0.351 e. The van der Waals surface area contributed by atoms with Crippen molar-refractivity contribution in [2.45, 2.75) is 36.1 Å². The van der Waals surface area contributed by atoms with Gasteiger partial charge in [0, 0.05) is 16.7 Å². The van der Waals surface area contributed by atoms with Crippen molar-refractivity contribution in [3.8, 4) is 6.07 Å². The second-order valence-electron chi connectivity index (χ2n) is 5.18. The number of rotatable bonds is 2. The highest BCUT2D eigenvalue weighted by atomic mass is 32.2. The van der Waals surface area contributed by atoms with Crippen LogP contribution < -0.4 is 5.32 Å². The van der Waals surface area contributed by atoms with Gasteiger partial charge >= 0.3 is 0 Å². The summed E-state index contributed by atoms with van der Waals surface area (Å²) < 4.78 is 0. The molecule has 1 heterocycles. The first-order valence-corrected chi connectivity index (χ1v) is 7.70. The maximum Gasteiger partial charge on any atom is 0.228 e. The van der Waals surface area contributed by atoms with Crippen molar-refractivity contribution in [2.75, 3.05) is 5.75 Å². The van der Waals surface area contributed by atoms with Gasteiger partial charge in [0.1, 0.15) is 0 Å². The summed E-state index contributed by atoms with van der Waals surface area (Å²) in [5.74, 6) is 0.841. The molecule has 3 nitrogen and oxygen atoms in total. The van der Waals surface area contributed by atoms with E-state index < -0.39 is 0 Å². The summed E-state index contributed by atoms with van der Waals surface area (Å²) in [6.45, 7) is 0. The number of thioether (sulfide) groups is 1. The van der Waals surface area contributed by atoms with E-state index in [2.05, 4.69) is 17.5 Å². The zero-order valence-corrected chi connectivity index (χ0v) is 11.5. The second kappa shape index (κ2) is 5.26. The number of fused-ring (bicyclic) bond motifs is 1. The van der Waals surface area contributed by atoms with Gasteiger partial charge in [0.15, 0.2) is 0 Å². The minimum absolute atomic E-state index is 0.00625. The van der Waals surface area contributed by atoms with E-state index in [0.717, 1.165) is 30.6 Å². The highest BCUT2D eigenvalue weighted by Crippen LogP contribution is 2.39. The Morgan fingerprint density at radius 1 is 1.37 bits per heavy atom. The molecule has 0 saturated heterocycles. The molecule has 1 fully saturated rings. The van der Waals surface area contributed by atoms with Crippen molar-refractivity contribution >= 4 is 17.7 Å². The average Bonchev–Trinajstić information content (AvgIpc) is 3.04. The van der Waals surface area contributed by atoms with Crippen LogP contribution in [0.15, 0.2) is 29.2 Å². The molecule has 1 amide bonds. The standard InChI is InChI=1S/C15H16N2OS/c16-8-10-4-3-6-13(10)17-15(18)12-9-19-14-7-2-1-5-11(12)14/h1-2,5,7,10,12-13H,3-4,6,9H2,(H,17,18). The molecule has 2 aliphatic rings. The smallest absolute Gasteiger partial charge is 0.228 e. The summed E-state index contributed by atoms with van der Waals surface area (Å²) in [7, 11) is 0. The molecule has 1 aliphatic carbocycles. The third-order valence-electron chi connectivity index (χ3n) is 4.03. The number of benzene rings is 1.